The van der Waals surface area contributed by atoms with Crippen molar-refractivity contribution in [1.82, 2.24) is 15.2 Å². The van der Waals surface area contributed by atoms with Gasteiger partial charge in [0.05, 0.1) is 12.3 Å². The molecule has 5 nitrogen and oxygen atoms in total. The number of anilines is 1. The van der Waals surface area contributed by atoms with E-state index in [0.717, 1.165) is 43.5 Å². The molecule has 1 aliphatic heterocycles. The second-order valence-electron chi connectivity index (χ2n) is 6.24. The van der Waals surface area contributed by atoms with Crippen molar-refractivity contribution in [2.45, 2.75) is 39.5 Å². The van der Waals surface area contributed by atoms with Crippen LogP contribution >= 0.6 is 11.3 Å². The van der Waals surface area contributed by atoms with Crippen LogP contribution < -0.4 is 10.2 Å². The summed E-state index contributed by atoms with van der Waals surface area (Å²) in [5.74, 6) is 0. The lowest BCUT2D eigenvalue weighted by Gasteiger charge is -2.45. The number of ether oxygens (including phenoxy) is 1. The van der Waals surface area contributed by atoms with Gasteiger partial charge in [-0.2, -0.15) is 0 Å². The monoisotopic (exact) mass is 312 g/mol. The summed E-state index contributed by atoms with van der Waals surface area (Å²) in [6.45, 7) is 12.3. The van der Waals surface area contributed by atoms with Crippen molar-refractivity contribution in [1.29, 1.82) is 0 Å². The van der Waals surface area contributed by atoms with Gasteiger partial charge in [0.1, 0.15) is 0 Å². The molecule has 6 heteroatoms. The second-order valence-corrected chi connectivity index (χ2v) is 7.30. The summed E-state index contributed by atoms with van der Waals surface area (Å²) in [5.41, 5.74) is 1.27. The highest BCUT2D eigenvalue weighted by Gasteiger charge is 2.32. The molecular formula is C15H28N4OS. The Bertz CT molecular complexity index is 461. The molecule has 21 heavy (non-hydrogen) atoms. The predicted octanol–water partition coefficient (Wildman–Crippen LogP) is 1.93. The van der Waals surface area contributed by atoms with E-state index < -0.39 is 0 Å². The van der Waals surface area contributed by atoms with E-state index in [2.05, 4.69) is 42.9 Å². The minimum Gasteiger partial charge on any atom is -0.378 e. The minimum absolute atomic E-state index is 0.188. The predicted molar refractivity (Wildman–Crippen MR) is 89.1 cm³/mol. The quantitative estimate of drug-likeness (QED) is 0.869. The Morgan fingerprint density at radius 1 is 1.38 bits per heavy atom. The first-order valence-electron chi connectivity index (χ1n) is 7.62. The zero-order valence-electron chi connectivity index (χ0n) is 13.9. The van der Waals surface area contributed by atoms with E-state index in [1.165, 1.54) is 4.88 Å². The van der Waals surface area contributed by atoms with Gasteiger partial charge in [-0.3, -0.25) is 4.90 Å². The first-order valence-corrected chi connectivity index (χ1v) is 8.44. The smallest absolute Gasteiger partial charge is 0.186 e. The number of likely N-dealkylation sites (N-methyl/N-ethyl adjacent to an activating group) is 1. The van der Waals surface area contributed by atoms with Crippen molar-refractivity contribution in [3.05, 3.63) is 10.6 Å². The third kappa shape index (κ3) is 3.94. The van der Waals surface area contributed by atoms with E-state index in [-0.39, 0.29) is 5.54 Å². The summed E-state index contributed by atoms with van der Waals surface area (Å²) in [6.07, 6.45) is 0. The summed E-state index contributed by atoms with van der Waals surface area (Å²) in [5, 5.41) is 4.53. The first kappa shape index (κ1) is 16.7. The van der Waals surface area contributed by atoms with E-state index >= 15 is 0 Å². The van der Waals surface area contributed by atoms with Gasteiger partial charge < -0.3 is 15.0 Å². The molecule has 0 saturated carbocycles. The average molecular weight is 312 g/mol. The fraction of sp³-hybridized carbons (Fsp3) is 0.800. The van der Waals surface area contributed by atoms with Crippen LogP contribution in [0.1, 0.15) is 31.3 Å². The summed E-state index contributed by atoms with van der Waals surface area (Å²) in [7, 11) is 3.93. The van der Waals surface area contributed by atoms with Gasteiger partial charge >= 0.3 is 0 Å². The number of methoxy groups -OCH3 is 1. The number of piperazine rings is 1. The molecule has 0 bridgehead atoms. The number of nitrogens with one attached hydrogen (secondary N) is 1. The molecule has 1 aromatic heterocycles. The molecule has 0 spiro atoms. The molecule has 120 valence electrons. The zero-order valence-corrected chi connectivity index (χ0v) is 14.7. The van der Waals surface area contributed by atoms with Gasteiger partial charge in [-0.1, -0.05) is 6.92 Å². The third-order valence-corrected chi connectivity index (χ3v) is 5.33. The first-order chi connectivity index (χ1) is 9.97. The molecule has 0 unspecified atom stereocenters. The normalized spacial score (nSPS) is 19.2. The molecule has 1 fully saturated rings. The fourth-order valence-electron chi connectivity index (χ4n) is 2.53. The van der Waals surface area contributed by atoms with Crippen molar-refractivity contribution in [3.63, 3.8) is 0 Å². The molecule has 0 atom stereocenters. The topological polar surface area (TPSA) is 40.6 Å². The van der Waals surface area contributed by atoms with Crippen molar-refractivity contribution in [2.75, 3.05) is 45.2 Å². The second kappa shape index (κ2) is 7.05. The lowest BCUT2D eigenvalue weighted by atomic mass is 10.0. The van der Waals surface area contributed by atoms with E-state index in [0.29, 0.717) is 6.61 Å². The largest absolute Gasteiger partial charge is 0.378 e. The van der Waals surface area contributed by atoms with E-state index in [1.54, 1.807) is 18.4 Å². The molecule has 1 aliphatic rings. The average Bonchev–Trinajstić information content (AvgIpc) is 2.83. The molecular weight excluding hydrogens is 284 g/mol. The van der Waals surface area contributed by atoms with Crippen molar-refractivity contribution < 1.29 is 4.74 Å². The molecule has 0 aromatic carbocycles. The van der Waals surface area contributed by atoms with Crippen LogP contribution in [0.4, 0.5) is 5.13 Å². The van der Waals surface area contributed by atoms with Gasteiger partial charge in [0.15, 0.2) is 5.13 Å². The standard InChI is InChI=1S/C15H28N4OS/c1-6-16-9-13-12(10-20-5)17-14(21-13)19-8-7-18(4)15(2,3)11-19/h16H,6-11H2,1-5H3. The highest BCUT2D eigenvalue weighted by Crippen LogP contribution is 2.30. The summed E-state index contributed by atoms with van der Waals surface area (Å²) >= 11 is 1.80. The van der Waals surface area contributed by atoms with Crippen LogP contribution in [0.3, 0.4) is 0 Å². The van der Waals surface area contributed by atoms with Gasteiger partial charge in [0.25, 0.3) is 0 Å². The molecule has 0 radical (unpaired) electrons. The molecule has 2 heterocycles. The van der Waals surface area contributed by atoms with Crippen LogP contribution in [0.2, 0.25) is 0 Å². The van der Waals surface area contributed by atoms with Crippen LogP contribution in [0.5, 0.6) is 0 Å². The Labute approximate surface area is 132 Å². The number of aromatic nitrogens is 1. The molecule has 0 amide bonds. The van der Waals surface area contributed by atoms with Crippen molar-refractivity contribution in [2.24, 2.45) is 0 Å². The maximum atomic E-state index is 5.30. The lowest BCUT2D eigenvalue weighted by Crippen LogP contribution is -2.57. The van der Waals surface area contributed by atoms with Crippen LogP contribution in [-0.4, -0.2) is 55.8 Å². The molecule has 1 saturated heterocycles. The fourth-order valence-corrected chi connectivity index (χ4v) is 3.59. The number of nitrogens with zero attached hydrogens (tertiary/aromatic N) is 3. The van der Waals surface area contributed by atoms with Crippen molar-refractivity contribution in [3.8, 4) is 0 Å². The van der Waals surface area contributed by atoms with Gasteiger partial charge in [-0.05, 0) is 27.4 Å². The molecule has 0 aliphatic carbocycles. The maximum Gasteiger partial charge on any atom is 0.186 e. The summed E-state index contributed by atoms with van der Waals surface area (Å²) < 4.78 is 5.30. The highest BCUT2D eigenvalue weighted by atomic mass is 32.1. The van der Waals surface area contributed by atoms with Gasteiger partial charge in [0, 0.05) is 43.7 Å². The van der Waals surface area contributed by atoms with E-state index in [4.69, 9.17) is 9.72 Å². The van der Waals surface area contributed by atoms with Crippen LogP contribution in [-0.2, 0) is 17.9 Å². The Balaban J connectivity index is 2.15. The van der Waals surface area contributed by atoms with Gasteiger partial charge in [-0.25, -0.2) is 4.98 Å². The zero-order chi connectivity index (χ0) is 15.5. The summed E-state index contributed by atoms with van der Waals surface area (Å²) in [6, 6.07) is 0. The third-order valence-electron chi connectivity index (χ3n) is 4.17. The van der Waals surface area contributed by atoms with Crippen LogP contribution in [0.25, 0.3) is 0 Å². The Kier molecular flexibility index (Phi) is 5.60. The SMILES string of the molecule is CCNCc1sc(N2CCN(C)C(C)(C)C2)nc1COC. The molecule has 1 N–H and O–H groups in total. The van der Waals surface area contributed by atoms with Crippen LogP contribution in [0, 0.1) is 0 Å². The maximum absolute atomic E-state index is 5.30. The number of rotatable bonds is 6. The minimum atomic E-state index is 0.188. The van der Waals surface area contributed by atoms with E-state index in [1.807, 2.05) is 0 Å². The molecule has 1 aromatic rings. The van der Waals surface area contributed by atoms with Gasteiger partial charge in [0.2, 0.25) is 0 Å². The number of hydrogen-bond acceptors (Lipinski definition) is 6. The van der Waals surface area contributed by atoms with Gasteiger partial charge in [-0.15, -0.1) is 11.3 Å². The van der Waals surface area contributed by atoms with Crippen molar-refractivity contribution >= 4 is 16.5 Å². The van der Waals surface area contributed by atoms with E-state index in [9.17, 15) is 0 Å². The Hall–Kier alpha value is -0.690. The number of hydrogen-bond donors (Lipinski definition) is 1. The highest BCUT2D eigenvalue weighted by molar-refractivity contribution is 7.15. The summed E-state index contributed by atoms with van der Waals surface area (Å²) in [4.78, 5) is 11.0. The Morgan fingerprint density at radius 2 is 2.14 bits per heavy atom. The van der Waals surface area contributed by atoms with Crippen LogP contribution in [0.15, 0.2) is 0 Å². The Morgan fingerprint density at radius 3 is 2.76 bits per heavy atom. The lowest BCUT2D eigenvalue weighted by molar-refractivity contribution is 0.138. The number of thiazole rings is 1. The molecule has 2 rings (SSSR count).